The smallest absolute Gasteiger partial charge is 0.341 e. The molecule has 2 aromatic rings. The first-order valence-corrected chi connectivity index (χ1v) is 14.9. The number of carbonyl (C=O) groups is 2. The predicted molar refractivity (Wildman–Crippen MR) is 143 cm³/mol. The molecule has 0 radical (unpaired) electrons. The Balaban J connectivity index is 1.55. The van der Waals surface area contributed by atoms with Crippen LogP contribution in [-0.2, 0) is 32.5 Å². The van der Waals surface area contributed by atoms with Crippen molar-refractivity contribution >= 4 is 38.2 Å². The molecule has 3 heterocycles. The van der Waals surface area contributed by atoms with Crippen LogP contribution in [0.2, 0.25) is 0 Å². The summed E-state index contributed by atoms with van der Waals surface area (Å²) in [6, 6.07) is 6.25. The fraction of sp³-hybridized carbons (Fsp3) is 0.538. The van der Waals surface area contributed by atoms with Crippen molar-refractivity contribution in [3.63, 3.8) is 0 Å². The first kappa shape index (κ1) is 27.7. The summed E-state index contributed by atoms with van der Waals surface area (Å²) >= 11 is 1.40. The van der Waals surface area contributed by atoms with E-state index in [4.69, 9.17) is 9.47 Å². The molecule has 2 atom stereocenters. The van der Waals surface area contributed by atoms with Gasteiger partial charge in [0.2, 0.25) is 10.0 Å². The largest absolute Gasteiger partial charge is 0.462 e. The van der Waals surface area contributed by atoms with Crippen molar-refractivity contribution in [2.45, 2.75) is 70.7 Å². The number of thiophene rings is 1. The van der Waals surface area contributed by atoms with E-state index < -0.39 is 21.9 Å². The van der Waals surface area contributed by atoms with Gasteiger partial charge in [-0.2, -0.15) is 4.31 Å². The van der Waals surface area contributed by atoms with Crippen molar-refractivity contribution in [2.24, 2.45) is 0 Å². The number of anilines is 1. The van der Waals surface area contributed by atoms with Crippen LogP contribution in [0.25, 0.3) is 0 Å². The normalized spacial score (nSPS) is 21.0. The lowest BCUT2D eigenvalue weighted by Gasteiger charge is -2.34. The quantitative estimate of drug-likeness (QED) is 0.525. The second kappa shape index (κ2) is 11.2. The van der Waals surface area contributed by atoms with Gasteiger partial charge in [0, 0.05) is 42.7 Å². The number of fused-ring (bicyclic) bond motifs is 1. The van der Waals surface area contributed by atoms with Crippen LogP contribution in [0, 0.1) is 0 Å². The van der Waals surface area contributed by atoms with E-state index in [1.165, 1.54) is 39.9 Å². The van der Waals surface area contributed by atoms with Crippen LogP contribution in [0.4, 0.5) is 5.00 Å². The standard InChI is InChI=1S/C26H35N3O6S2/c1-6-34-26(31)23-21-11-12-28(16(2)3)15-22(21)36-25(23)27-24(30)19-7-9-20(10-8-19)37(32,33)29-13-17(4)35-18(5)14-29/h7-10,16-18H,6,11-15H2,1-5H3,(H,27,30)/t17-,18-/m1/s1. The Morgan fingerprint density at radius 2 is 1.81 bits per heavy atom. The van der Waals surface area contributed by atoms with Crippen LogP contribution >= 0.6 is 11.3 Å². The molecule has 2 aliphatic rings. The fourth-order valence-electron chi connectivity index (χ4n) is 4.80. The molecule has 1 amide bonds. The van der Waals surface area contributed by atoms with Gasteiger partial charge in [-0.05, 0) is 70.9 Å². The van der Waals surface area contributed by atoms with E-state index in [-0.39, 0.29) is 36.8 Å². The molecule has 0 bridgehead atoms. The number of benzene rings is 1. The number of nitrogens with zero attached hydrogens (tertiary/aromatic N) is 2. The van der Waals surface area contributed by atoms with Crippen LogP contribution in [-0.4, -0.2) is 74.0 Å². The third-order valence-corrected chi connectivity index (χ3v) is 9.64. The van der Waals surface area contributed by atoms with E-state index in [0.717, 1.165) is 17.0 Å². The van der Waals surface area contributed by atoms with Gasteiger partial charge < -0.3 is 14.8 Å². The van der Waals surface area contributed by atoms with Gasteiger partial charge in [-0.1, -0.05) is 0 Å². The molecule has 1 fully saturated rings. The third kappa shape index (κ3) is 5.91. The van der Waals surface area contributed by atoms with Gasteiger partial charge >= 0.3 is 5.97 Å². The van der Waals surface area contributed by atoms with E-state index in [1.807, 2.05) is 13.8 Å². The molecule has 1 saturated heterocycles. The summed E-state index contributed by atoms with van der Waals surface area (Å²) in [4.78, 5) is 29.5. The topological polar surface area (TPSA) is 105 Å². The van der Waals surface area contributed by atoms with Crippen LogP contribution in [0.1, 0.15) is 65.8 Å². The van der Waals surface area contributed by atoms with Gasteiger partial charge in [-0.15, -0.1) is 11.3 Å². The third-order valence-electron chi connectivity index (χ3n) is 6.66. The fourth-order valence-corrected chi connectivity index (χ4v) is 7.65. The van der Waals surface area contributed by atoms with Crippen LogP contribution < -0.4 is 5.32 Å². The molecule has 1 aromatic carbocycles. The summed E-state index contributed by atoms with van der Waals surface area (Å²) in [7, 11) is -3.71. The summed E-state index contributed by atoms with van der Waals surface area (Å²) in [5, 5.41) is 3.35. The van der Waals surface area contributed by atoms with Crippen molar-refractivity contribution in [1.82, 2.24) is 9.21 Å². The zero-order valence-electron chi connectivity index (χ0n) is 21.9. The molecule has 0 aliphatic carbocycles. The maximum absolute atomic E-state index is 13.1. The molecule has 1 aromatic heterocycles. The minimum absolute atomic E-state index is 0.123. The van der Waals surface area contributed by atoms with Gasteiger partial charge in [0.25, 0.3) is 5.91 Å². The van der Waals surface area contributed by atoms with E-state index >= 15 is 0 Å². The molecule has 0 spiro atoms. The Morgan fingerprint density at radius 1 is 1.16 bits per heavy atom. The molecule has 4 rings (SSSR count). The van der Waals surface area contributed by atoms with Crippen molar-refractivity contribution in [1.29, 1.82) is 0 Å². The lowest BCUT2D eigenvalue weighted by molar-refractivity contribution is -0.0440. The monoisotopic (exact) mass is 549 g/mol. The summed E-state index contributed by atoms with van der Waals surface area (Å²) in [6.07, 6.45) is 0.321. The molecular weight excluding hydrogens is 514 g/mol. The Hall–Kier alpha value is -2.31. The van der Waals surface area contributed by atoms with Crippen molar-refractivity contribution in [3.8, 4) is 0 Å². The summed E-state index contributed by atoms with van der Waals surface area (Å²) in [6.45, 7) is 12.1. The molecule has 11 heteroatoms. The Labute approximate surface area is 222 Å². The minimum atomic E-state index is -3.71. The van der Waals surface area contributed by atoms with Crippen LogP contribution in [0.3, 0.4) is 0 Å². The number of nitrogens with one attached hydrogen (secondary N) is 1. The summed E-state index contributed by atoms with van der Waals surface area (Å²) in [5.74, 6) is -0.855. The van der Waals surface area contributed by atoms with Gasteiger partial charge in [0.05, 0.1) is 29.3 Å². The minimum Gasteiger partial charge on any atom is -0.462 e. The van der Waals surface area contributed by atoms with Crippen LogP contribution in [0.5, 0.6) is 0 Å². The highest BCUT2D eigenvalue weighted by Crippen LogP contribution is 2.38. The maximum atomic E-state index is 13.1. The molecular formula is C26H35N3O6S2. The Morgan fingerprint density at radius 3 is 2.41 bits per heavy atom. The number of ether oxygens (including phenoxy) is 2. The summed E-state index contributed by atoms with van der Waals surface area (Å²) in [5.41, 5.74) is 1.66. The number of sulfonamides is 1. The molecule has 0 saturated carbocycles. The van der Waals surface area contributed by atoms with Gasteiger partial charge in [-0.25, -0.2) is 13.2 Å². The van der Waals surface area contributed by atoms with Crippen molar-refractivity contribution < 1.29 is 27.5 Å². The van der Waals surface area contributed by atoms with E-state index in [1.54, 1.807) is 6.92 Å². The highest BCUT2D eigenvalue weighted by Gasteiger charge is 2.33. The number of hydrogen-bond donors (Lipinski definition) is 1. The number of esters is 1. The van der Waals surface area contributed by atoms with E-state index in [9.17, 15) is 18.0 Å². The zero-order chi connectivity index (χ0) is 26.9. The zero-order valence-corrected chi connectivity index (χ0v) is 23.6. The molecule has 2 aliphatic heterocycles. The first-order chi connectivity index (χ1) is 17.5. The highest BCUT2D eigenvalue weighted by molar-refractivity contribution is 7.89. The number of morpholine rings is 1. The SMILES string of the molecule is CCOC(=O)c1c(NC(=O)c2ccc(S(=O)(=O)N3C[C@@H](C)O[C@H](C)C3)cc2)sc2c1CCN(C(C)C)C2. The van der Waals surface area contributed by atoms with E-state index in [0.29, 0.717) is 35.1 Å². The lowest BCUT2D eigenvalue weighted by atomic mass is 10.0. The van der Waals surface area contributed by atoms with Crippen molar-refractivity contribution in [3.05, 3.63) is 45.8 Å². The summed E-state index contributed by atoms with van der Waals surface area (Å²) < 4.78 is 38.6. The molecule has 1 N–H and O–H groups in total. The van der Waals surface area contributed by atoms with Gasteiger partial charge in [0.15, 0.2) is 0 Å². The maximum Gasteiger partial charge on any atom is 0.341 e. The molecule has 0 unspecified atom stereocenters. The average molecular weight is 550 g/mol. The Bertz CT molecular complexity index is 1250. The second-order valence-electron chi connectivity index (χ2n) is 9.80. The van der Waals surface area contributed by atoms with Crippen molar-refractivity contribution in [2.75, 3.05) is 31.6 Å². The predicted octanol–water partition coefficient (Wildman–Crippen LogP) is 3.74. The lowest BCUT2D eigenvalue weighted by Crippen LogP contribution is -2.48. The number of hydrogen-bond acceptors (Lipinski definition) is 8. The molecule has 202 valence electrons. The average Bonchev–Trinajstić information content (AvgIpc) is 3.20. The van der Waals surface area contributed by atoms with Gasteiger partial charge in [0.1, 0.15) is 5.00 Å². The molecule has 9 nitrogen and oxygen atoms in total. The number of rotatable bonds is 7. The van der Waals surface area contributed by atoms with Crippen LogP contribution in [0.15, 0.2) is 29.2 Å². The van der Waals surface area contributed by atoms with Gasteiger partial charge in [-0.3, -0.25) is 9.69 Å². The van der Waals surface area contributed by atoms with E-state index in [2.05, 4.69) is 24.1 Å². The first-order valence-electron chi connectivity index (χ1n) is 12.6. The second-order valence-corrected chi connectivity index (χ2v) is 12.8. The number of carbonyl (C=O) groups excluding carboxylic acids is 2. The number of amides is 1. The molecule has 37 heavy (non-hydrogen) atoms. The highest BCUT2D eigenvalue weighted by atomic mass is 32.2. The Kier molecular flexibility index (Phi) is 8.39.